The van der Waals surface area contributed by atoms with Crippen LogP contribution in [0.4, 0.5) is 11.9 Å². The molecule has 0 atom stereocenters. The zero-order valence-corrected chi connectivity index (χ0v) is 11.4. The molecular weight excluding hydrogens is 270 g/mol. The minimum Gasteiger partial charge on any atom is -0.347 e. The number of halogens is 1. The highest BCUT2D eigenvalue weighted by Gasteiger charge is 2.10. The number of hydrogen-bond acceptors (Lipinski definition) is 8. The van der Waals surface area contributed by atoms with Crippen molar-refractivity contribution in [1.29, 1.82) is 0 Å². The van der Waals surface area contributed by atoms with E-state index in [4.69, 9.17) is 11.6 Å². The molecule has 2 rings (SSSR count). The van der Waals surface area contributed by atoms with Gasteiger partial charge >= 0.3 is 0 Å². The third kappa shape index (κ3) is 3.50. The summed E-state index contributed by atoms with van der Waals surface area (Å²) in [6, 6.07) is 0. The third-order valence-electron chi connectivity index (χ3n) is 2.45. The highest BCUT2D eigenvalue weighted by molar-refractivity contribution is 6.28. The van der Waals surface area contributed by atoms with Crippen molar-refractivity contribution in [3.8, 4) is 0 Å². The molecule has 0 unspecified atom stereocenters. The average Bonchev–Trinajstić information content (AvgIpc) is 2.90. The van der Waals surface area contributed by atoms with Gasteiger partial charge in [-0.15, -0.1) is 0 Å². The quantitative estimate of drug-likeness (QED) is 0.849. The normalized spacial score (nSPS) is 10.5. The van der Waals surface area contributed by atoms with Crippen molar-refractivity contribution < 1.29 is 4.52 Å². The van der Waals surface area contributed by atoms with Crippen molar-refractivity contribution in [3.63, 3.8) is 0 Å². The fraction of sp³-hybridized carbons (Fsp3) is 0.500. The molecule has 9 heteroatoms. The fourth-order valence-corrected chi connectivity index (χ4v) is 1.65. The Hall–Kier alpha value is -1.96. The first kappa shape index (κ1) is 13.5. The molecule has 19 heavy (non-hydrogen) atoms. The number of nitrogens with zero attached hydrogens (tertiary/aromatic N) is 6. The molecule has 0 aliphatic carbocycles. The molecule has 0 fully saturated rings. The zero-order chi connectivity index (χ0) is 13.7. The van der Waals surface area contributed by atoms with E-state index < -0.39 is 0 Å². The van der Waals surface area contributed by atoms with Gasteiger partial charge in [-0.2, -0.15) is 19.9 Å². The van der Waals surface area contributed by atoms with Crippen molar-refractivity contribution in [2.45, 2.75) is 20.4 Å². The number of hydrogen-bond donors (Lipinski definition) is 1. The zero-order valence-electron chi connectivity index (χ0n) is 10.7. The van der Waals surface area contributed by atoms with Gasteiger partial charge in [0, 0.05) is 13.1 Å². The van der Waals surface area contributed by atoms with Gasteiger partial charge in [-0.25, -0.2) is 0 Å². The molecule has 0 aliphatic heterocycles. The van der Waals surface area contributed by atoms with Crippen LogP contribution in [0.2, 0.25) is 5.28 Å². The van der Waals surface area contributed by atoms with Crippen LogP contribution in [0.3, 0.4) is 0 Å². The van der Waals surface area contributed by atoms with E-state index in [0.717, 1.165) is 13.1 Å². The summed E-state index contributed by atoms with van der Waals surface area (Å²) in [6.45, 7) is 5.98. The molecule has 102 valence electrons. The standard InChI is InChI=1S/C10H14ClN7O/c1-3-18(4-2)10-15-8(11)14-9(16-10)12-5-7-13-6-19-17-7/h6H,3-5H2,1-2H3,(H,12,14,15,16). The van der Waals surface area contributed by atoms with Crippen LogP contribution in [0.5, 0.6) is 0 Å². The molecule has 0 amide bonds. The lowest BCUT2D eigenvalue weighted by Gasteiger charge is -2.18. The van der Waals surface area contributed by atoms with Crippen molar-refractivity contribution in [2.75, 3.05) is 23.3 Å². The molecular formula is C10H14ClN7O. The lowest BCUT2D eigenvalue weighted by molar-refractivity contribution is 0.411. The molecule has 0 radical (unpaired) electrons. The van der Waals surface area contributed by atoms with E-state index >= 15 is 0 Å². The van der Waals surface area contributed by atoms with E-state index in [1.54, 1.807) is 0 Å². The molecule has 0 aliphatic rings. The second kappa shape index (κ2) is 6.28. The maximum absolute atomic E-state index is 5.89. The maximum atomic E-state index is 5.89. The lowest BCUT2D eigenvalue weighted by atomic mass is 10.5. The van der Waals surface area contributed by atoms with Crippen LogP contribution in [-0.2, 0) is 6.54 Å². The molecule has 0 spiro atoms. The molecule has 0 saturated carbocycles. The molecule has 2 heterocycles. The average molecular weight is 284 g/mol. The van der Waals surface area contributed by atoms with Crippen molar-refractivity contribution >= 4 is 23.5 Å². The van der Waals surface area contributed by atoms with E-state index in [2.05, 4.69) is 34.9 Å². The second-order valence-electron chi connectivity index (χ2n) is 3.60. The van der Waals surface area contributed by atoms with E-state index in [-0.39, 0.29) is 5.28 Å². The minimum atomic E-state index is 0.146. The van der Waals surface area contributed by atoms with Gasteiger partial charge in [0.15, 0.2) is 5.82 Å². The number of aromatic nitrogens is 5. The summed E-state index contributed by atoms with van der Waals surface area (Å²) >= 11 is 5.89. The Balaban J connectivity index is 2.12. The van der Waals surface area contributed by atoms with Crippen LogP contribution in [0.15, 0.2) is 10.9 Å². The van der Waals surface area contributed by atoms with E-state index in [9.17, 15) is 0 Å². The summed E-state index contributed by atoms with van der Waals surface area (Å²) in [4.78, 5) is 18.3. The van der Waals surface area contributed by atoms with Gasteiger partial charge in [-0.3, -0.25) is 0 Å². The van der Waals surface area contributed by atoms with Crippen LogP contribution >= 0.6 is 11.6 Å². The molecule has 2 aromatic rings. The highest BCUT2D eigenvalue weighted by Crippen LogP contribution is 2.13. The van der Waals surface area contributed by atoms with Crippen LogP contribution in [0, 0.1) is 0 Å². The van der Waals surface area contributed by atoms with Gasteiger partial charge in [0.2, 0.25) is 23.6 Å². The van der Waals surface area contributed by atoms with Gasteiger partial charge in [0.1, 0.15) is 0 Å². The van der Waals surface area contributed by atoms with Gasteiger partial charge in [-0.05, 0) is 25.4 Å². The van der Waals surface area contributed by atoms with Gasteiger partial charge in [0.05, 0.1) is 6.54 Å². The molecule has 8 nitrogen and oxygen atoms in total. The summed E-state index contributed by atoms with van der Waals surface area (Å²) in [5.74, 6) is 1.44. The first-order valence-electron chi connectivity index (χ1n) is 5.88. The van der Waals surface area contributed by atoms with Crippen LogP contribution in [0.25, 0.3) is 0 Å². The summed E-state index contributed by atoms with van der Waals surface area (Å²) in [6.07, 6.45) is 1.26. The number of anilines is 2. The van der Waals surface area contributed by atoms with Crippen LogP contribution in [0.1, 0.15) is 19.7 Å². The Morgan fingerprint density at radius 1 is 1.26 bits per heavy atom. The molecule has 0 aromatic carbocycles. The summed E-state index contributed by atoms with van der Waals surface area (Å²) in [7, 11) is 0. The predicted molar refractivity (Wildman–Crippen MR) is 70.0 cm³/mol. The largest absolute Gasteiger partial charge is 0.347 e. The van der Waals surface area contributed by atoms with E-state index in [1.165, 1.54) is 6.39 Å². The summed E-state index contributed by atoms with van der Waals surface area (Å²) in [5, 5.41) is 6.80. The van der Waals surface area contributed by atoms with Gasteiger partial charge in [-0.1, -0.05) is 5.16 Å². The topological polar surface area (TPSA) is 92.9 Å². The number of rotatable bonds is 6. The van der Waals surface area contributed by atoms with E-state index in [0.29, 0.717) is 24.3 Å². The highest BCUT2D eigenvalue weighted by atomic mass is 35.5. The number of nitrogens with one attached hydrogen (secondary N) is 1. The smallest absolute Gasteiger partial charge is 0.231 e. The first-order chi connectivity index (χ1) is 9.22. The maximum Gasteiger partial charge on any atom is 0.231 e. The van der Waals surface area contributed by atoms with Gasteiger partial charge in [0.25, 0.3) is 0 Å². The Bertz CT molecular complexity index is 515. The Morgan fingerprint density at radius 2 is 2.05 bits per heavy atom. The fourth-order valence-electron chi connectivity index (χ4n) is 1.49. The first-order valence-corrected chi connectivity index (χ1v) is 6.26. The van der Waals surface area contributed by atoms with Crippen molar-refractivity contribution in [2.24, 2.45) is 0 Å². The van der Waals surface area contributed by atoms with Crippen molar-refractivity contribution in [3.05, 3.63) is 17.5 Å². The predicted octanol–water partition coefficient (Wildman–Crippen LogP) is 1.37. The second-order valence-corrected chi connectivity index (χ2v) is 3.94. The minimum absolute atomic E-state index is 0.146. The SMILES string of the molecule is CCN(CC)c1nc(Cl)nc(NCc2ncon2)n1. The summed E-state index contributed by atoms with van der Waals surface area (Å²) in [5.41, 5.74) is 0. The van der Waals surface area contributed by atoms with Crippen molar-refractivity contribution in [1.82, 2.24) is 25.1 Å². The lowest BCUT2D eigenvalue weighted by Crippen LogP contribution is -2.25. The monoisotopic (exact) mass is 283 g/mol. The molecule has 1 N–H and O–H groups in total. The van der Waals surface area contributed by atoms with E-state index in [1.807, 2.05) is 18.7 Å². The Kier molecular flexibility index (Phi) is 4.45. The molecule has 0 saturated heterocycles. The molecule has 2 aromatic heterocycles. The Morgan fingerprint density at radius 3 is 2.68 bits per heavy atom. The van der Waals surface area contributed by atoms with Gasteiger partial charge < -0.3 is 14.7 Å². The van der Waals surface area contributed by atoms with Crippen LogP contribution in [-0.4, -0.2) is 38.2 Å². The van der Waals surface area contributed by atoms with Crippen LogP contribution < -0.4 is 10.2 Å². The summed E-state index contributed by atoms with van der Waals surface area (Å²) < 4.78 is 4.63. The molecule has 0 bridgehead atoms. The third-order valence-corrected chi connectivity index (χ3v) is 2.62. The Labute approximate surface area is 115 Å².